The predicted octanol–water partition coefficient (Wildman–Crippen LogP) is 1.53. The number of rotatable bonds is 7. The minimum absolute atomic E-state index is 0.929. The summed E-state index contributed by atoms with van der Waals surface area (Å²) in [6.07, 6.45) is 6.49. The Kier molecular flexibility index (Phi) is 5.88. The number of unbranched alkanes of at least 4 members (excludes halogenated alkanes) is 1. The van der Waals surface area contributed by atoms with E-state index in [0.717, 1.165) is 35.2 Å². The molecule has 0 aliphatic heterocycles. The Bertz CT molecular complexity index is 648. The van der Waals surface area contributed by atoms with Crippen molar-refractivity contribution in [1.29, 1.82) is 0 Å². The number of halogens is 1. The Morgan fingerprint density at radius 3 is 1.92 bits per heavy atom. The summed E-state index contributed by atoms with van der Waals surface area (Å²) in [5.74, 6) is 0. The topological polar surface area (TPSA) is 77.3 Å². The quantitative estimate of drug-likeness (QED) is 0.340. The molecule has 6 nitrogen and oxygen atoms in total. The second kappa shape index (κ2) is 8.31. The Balaban J connectivity index is 2.20. The fraction of sp³-hybridized carbons (Fsp3) is 0.250. The first kappa shape index (κ1) is 17.0. The molecule has 0 aliphatic rings. The van der Waals surface area contributed by atoms with E-state index < -0.39 is 7.26 Å². The van der Waals surface area contributed by atoms with Gasteiger partial charge in [-0.3, -0.25) is 0 Å². The monoisotopic (exact) mass is 400 g/mol. The summed E-state index contributed by atoms with van der Waals surface area (Å²) in [6, 6.07) is 14.3. The molecule has 8 heteroatoms. The molecular weight excluding hydrogens is 383 g/mol. The molecule has 0 saturated heterocycles. The number of hydrogen-bond acceptors (Lipinski definition) is 6. The van der Waals surface area contributed by atoms with Crippen molar-refractivity contribution in [2.45, 2.75) is 12.8 Å². The Hall–Kier alpha value is -1.85. The first-order valence-electron chi connectivity index (χ1n) is 7.67. The molecule has 122 valence electrons. The summed E-state index contributed by atoms with van der Waals surface area (Å²) in [6.45, 7) is 0. The third-order valence-corrected chi connectivity index (χ3v) is 8.60. The standard InChI is InChI=1S/C16H17BrN6P/c17-10-4-5-13-24(14-6-2-1-3-7-14,15-8-11-18-22-20-15)16-9-12-19-23-21-16/h1-3,6-9,11-12H,4-5,10,13H2/q+1/i17-4. The lowest BCUT2D eigenvalue weighted by Crippen LogP contribution is -2.37. The van der Waals surface area contributed by atoms with E-state index in [4.69, 9.17) is 0 Å². The summed E-state index contributed by atoms with van der Waals surface area (Å²) in [5, 5.41) is 26.4. The SMILES string of the molecule is [76Br]CCCC[P+](c1ccccc1)(c1ccnnn1)c1ccnnn1. The maximum atomic E-state index is 4.37. The number of hydrogen-bond donors (Lipinski definition) is 0. The zero-order valence-electron chi connectivity index (χ0n) is 13.0. The average Bonchev–Trinajstić information content (AvgIpc) is 2.68. The van der Waals surface area contributed by atoms with Gasteiger partial charge in [-0.05, 0) is 35.4 Å². The molecule has 0 bridgehead atoms. The molecule has 0 saturated carbocycles. The van der Waals surface area contributed by atoms with Gasteiger partial charge in [0.25, 0.3) is 0 Å². The van der Waals surface area contributed by atoms with Gasteiger partial charge in [-0.1, -0.05) is 44.3 Å². The lowest BCUT2D eigenvalue weighted by Gasteiger charge is -2.23. The number of nitrogens with zero attached hydrogens (tertiary/aromatic N) is 6. The highest BCUT2D eigenvalue weighted by molar-refractivity contribution is 9.09. The van der Waals surface area contributed by atoms with Gasteiger partial charge in [-0.25, -0.2) is 0 Å². The van der Waals surface area contributed by atoms with Gasteiger partial charge in [-0.15, -0.1) is 10.2 Å². The van der Waals surface area contributed by atoms with Gasteiger partial charge >= 0.3 is 0 Å². The van der Waals surface area contributed by atoms with Crippen LogP contribution in [0.2, 0.25) is 0 Å². The van der Waals surface area contributed by atoms with Crippen LogP contribution < -0.4 is 16.2 Å². The fourth-order valence-corrected chi connectivity index (χ4v) is 7.03. The van der Waals surface area contributed by atoms with E-state index in [1.54, 1.807) is 12.4 Å². The second-order valence-corrected chi connectivity index (χ2v) is 9.52. The molecule has 0 aliphatic carbocycles. The largest absolute Gasteiger partial charge is 0.217 e. The molecule has 0 N–H and O–H groups in total. The summed E-state index contributed by atoms with van der Waals surface area (Å²) in [4.78, 5) is 0. The number of aromatic nitrogens is 6. The van der Waals surface area contributed by atoms with E-state index in [0.29, 0.717) is 0 Å². The van der Waals surface area contributed by atoms with Crippen molar-refractivity contribution in [3.05, 3.63) is 54.9 Å². The Morgan fingerprint density at radius 2 is 1.42 bits per heavy atom. The molecule has 0 spiro atoms. The summed E-state index contributed by atoms with van der Waals surface area (Å²) in [5.41, 5.74) is 1.86. The van der Waals surface area contributed by atoms with Crippen LogP contribution in [-0.4, -0.2) is 42.3 Å². The van der Waals surface area contributed by atoms with Gasteiger partial charge in [0.05, 0.1) is 18.6 Å². The van der Waals surface area contributed by atoms with E-state index in [-0.39, 0.29) is 0 Å². The van der Waals surface area contributed by atoms with Crippen LogP contribution >= 0.6 is 23.2 Å². The molecule has 0 unspecified atom stereocenters. The molecule has 3 aromatic rings. The highest BCUT2D eigenvalue weighted by Gasteiger charge is 2.48. The van der Waals surface area contributed by atoms with Crippen LogP contribution in [0.3, 0.4) is 0 Å². The molecule has 2 aromatic heterocycles. The van der Waals surface area contributed by atoms with Gasteiger partial charge in [0.2, 0.25) is 10.9 Å². The molecule has 2 heterocycles. The van der Waals surface area contributed by atoms with Crippen LogP contribution in [0.1, 0.15) is 12.8 Å². The van der Waals surface area contributed by atoms with Crippen molar-refractivity contribution in [2.24, 2.45) is 0 Å². The summed E-state index contributed by atoms with van der Waals surface area (Å²) >= 11 is 3.52. The van der Waals surface area contributed by atoms with Crippen LogP contribution in [-0.2, 0) is 0 Å². The van der Waals surface area contributed by atoms with E-state index in [9.17, 15) is 0 Å². The summed E-state index contributed by atoms with van der Waals surface area (Å²) in [7, 11) is -2.03. The van der Waals surface area contributed by atoms with Crippen molar-refractivity contribution >= 4 is 39.4 Å². The van der Waals surface area contributed by atoms with E-state index in [1.807, 2.05) is 18.2 Å². The third kappa shape index (κ3) is 3.47. The molecule has 0 amide bonds. The normalized spacial score (nSPS) is 11.4. The maximum absolute atomic E-state index is 4.37. The average molecular weight is 400 g/mol. The van der Waals surface area contributed by atoms with Gasteiger partial charge in [-0.2, -0.15) is 0 Å². The van der Waals surface area contributed by atoms with Crippen LogP contribution in [0.4, 0.5) is 0 Å². The van der Waals surface area contributed by atoms with Gasteiger partial charge < -0.3 is 0 Å². The lowest BCUT2D eigenvalue weighted by atomic mass is 10.4. The predicted molar refractivity (Wildman–Crippen MR) is 99.8 cm³/mol. The zero-order valence-corrected chi connectivity index (χ0v) is 15.5. The second-order valence-electron chi connectivity index (χ2n) is 5.22. The Labute approximate surface area is 149 Å². The maximum Gasteiger partial charge on any atom is 0.217 e. The highest BCUT2D eigenvalue weighted by Crippen LogP contribution is 2.54. The van der Waals surface area contributed by atoms with E-state index >= 15 is 0 Å². The molecule has 1 aromatic carbocycles. The van der Waals surface area contributed by atoms with Crippen LogP contribution in [0, 0.1) is 0 Å². The van der Waals surface area contributed by atoms with Crippen molar-refractivity contribution in [3.8, 4) is 0 Å². The lowest BCUT2D eigenvalue weighted by molar-refractivity contribution is 0.869. The van der Waals surface area contributed by atoms with Crippen LogP contribution in [0.5, 0.6) is 0 Å². The minimum Gasteiger partial charge on any atom is -0.138 e. The Morgan fingerprint density at radius 1 is 0.792 bits per heavy atom. The third-order valence-electron chi connectivity index (χ3n) is 3.83. The summed E-state index contributed by atoms with van der Waals surface area (Å²) < 4.78 is 0. The zero-order chi connectivity index (χ0) is 16.7. The van der Waals surface area contributed by atoms with Crippen molar-refractivity contribution in [2.75, 3.05) is 11.5 Å². The van der Waals surface area contributed by atoms with Crippen LogP contribution in [0.25, 0.3) is 0 Å². The molecule has 0 radical (unpaired) electrons. The molecule has 0 atom stereocenters. The van der Waals surface area contributed by atoms with E-state index in [1.165, 1.54) is 5.30 Å². The van der Waals surface area contributed by atoms with Gasteiger partial charge in [0.1, 0.15) is 5.30 Å². The molecule has 0 fully saturated rings. The van der Waals surface area contributed by atoms with Gasteiger partial charge in [0.15, 0.2) is 7.26 Å². The first-order chi connectivity index (χ1) is 11.9. The molecular formula is C16H17BrN6P+. The van der Waals surface area contributed by atoms with Crippen LogP contribution in [0.15, 0.2) is 54.9 Å². The van der Waals surface area contributed by atoms with Gasteiger partial charge in [0, 0.05) is 17.5 Å². The van der Waals surface area contributed by atoms with Crippen molar-refractivity contribution < 1.29 is 0 Å². The first-order valence-corrected chi connectivity index (χ1v) is 10.8. The van der Waals surface area contributed by atoms with Crippen molar-refractivity contribution in [1.82, 2.24) is 30.8 Å². The minimum atomic E-state index is -2.03. The number of alkyl halides is 1. The van der Waals surface area contributed by atoms with E-state index in [2.05, 4.69) is 71.0 Å². The fourth-order valence-electron chi connectivity index (χ4n) is 2.74. The smallest absolute Gasteiger partial charge is 0.138 e. The highest BCUT2D eigenvalue weighted by atomic mass is 75.9. The van der Waals surface area contributed by atoms with Crippen molar-refractivity contribution in [3.63, 3.8) is 0 Å². The molecule has 3 rings (SSSR count). The molecule has 24 heavy (non-hydrogen) atoms. The number of benzene rings is 1.